The Labute approximate surface area is 177 Å². The van der Waals surface area contributed by atoms with Crippen LogP contribution in [0, 0.1) is 15.9 Å². The number of hydrogen-bond acceptors (Lipinski definition) is 9. The SMILES string of the molecule is O=C(CSc1nnc(Nc2ccccc2F)s1)NNC(=O)c1ccc([N+](=O)[O-])cc1. The first-order chi connectivity index (χ1) is 14.4. The van der Waals surface area contributed by atoms with Crippen molar-refractivity contribution in [1.29, 1.82) is 0 Å². The number of halogens is 1. The number of nitrogens with zero attached hydrogens (tertiary/aromatic N) is 3. The first-order valence-corrected chi connectivity index (χ1v) is 10.0. The van der Waals surface area contributed by atoms with Crippen LogP contribution < -0.4 is 16.2 Å². The molecule has 13 heteroatoms. The number of hydrogen-bond donors (Lipinski definition) is 3. The Morgan fingerprint density at radius 2 is 1.83 bits per heavy atom. The van der Waals surface area contributed by atoms with E-state index in [1.165, 1.54) is 30.3 Å². The molecular formula is C17H13FN6O4S2. The van der Waals surface area contributed by atoms with Crippen LogP contribution in [0.3, 0.4) is 0 Å². The minimum absolute atomic E-state index is 0.0468. The van der Waals surface area contributed by atoms with Gasteiger partial charge < -0.3 is 5.32 Å². The van der Waals surface area contributed by atoms with Crippen LogP contribution in [-0.4, -0.2) is 32.7 Å². The van der Waals surface area contributed by atoms with Crippen LogP contribution in [0.4, 0.5) is 20.9 Å². The molecule has 0 aliphatic rings. The van der Waals surface area contributed by atoms with Crippen LogP contribution in [-0.2, 0) is 4.79 Å². The van der Waals surface area contributed by atoms with Crippen LogP contribution in [0.5, 0.6) is 0 Å². The van der Waals surface area contributed by atoms with Gasteiger partial charge in [0.2, 0.25) is 11.0 Å². The van der Waals surface area contributed by atoms with Gasteiger partial charge in [-0.05, 0) is 24.3 Å². The number of anilines is 2. The Morgan fingerprint density at radius 3 is 2.53 bits per heavy atom. The van der Waals surface area contributed by atoms with Crippen LogP contribution in [0.15, 0.2) is 52.9 Å². The molecule has 30 heavy (non-hydrogen) atoms. The van der Waals surface area contributed by atoms with Gasteiger partial charge in [0.15, 0.2) is 4.34 Å². The maximum Gasteiger partial charge on any atom is 0.269 e. The number of carbonyl (C=O) groups excluding carboxylic acids is 2. The highest BCUT2D eigenvalue weighted by atomic mass is 32.2. The number of nitrogens with one attached hydrogen (secondary N) is 3. The molecule has 3 aromatic rings. The molecule has 0 atom stereocenters. The first-order valence-electron chi connectivity index (χ1n) is 8.24. The number of benzene rings is 2. The summed E-state index contributed by atoms with van der Waals surface area (Å²) < 4.78 is 14.1. The lowest BCUT2D eigenvalue weighted by Gasteiger charge is -2.06. The third-order valence-electron chi connectivity index (χ3n) is 3.50. The van der Waals surface area contributed by atoms with Crippen molar-refractivity contribution in [2.24, 2.45) is 0 Å². The van der Waals surface area contributed by atoms with Crippen molar-refractivity contribution >= 4 is 51.4 Å². The number of non-ortho nitro benzene ring substituents is 1. The van der Waals surface area contributed by atoms with E-state index in [1.807, 2.05) is 0 Å². The second kappa shape index (κ2) is 9.76. The zero-order chi connectivity index (χ0) is 21.5. The fourth-order valence-corrected chi connectivity index (χ4v) is 3.66. The highest BCUT2D eigenvalue weighted by Gasteiger charge is 2.12. The summed E-state index contributed by atoms with van der Waals surface area (Å²) in [6, 6.07) is 11.1. The predicted molar refractivity (Wildman–Crippen MR) is 109 cm³/mol. The van der Waals surface area contributed by atoms with E-state index in [0.29, 0.717) is 9.47 Å². The number of para-hydroxylation sites is 1. The molecule has 0 fully saturated rings. The summed E-state index contributed by atoms with van der Waals surface area (Å²) in [6.45, 7) is 0. The second-order valence-electron chi connectivity index (χ2n) is 5.57. The Morgan fingerprint density at radius 1 is 1.10 bits per heavy atom. The molecule has 3 N–H and O–H groups in total. The van der Waals surface area contributed by atoms with Gasteiger partial charge in [0.1, 0.15) is 5.82 Å². The second-order valence-corrected chi connectivity index (χ2v) is 7.77. The van der Waals surface area contributed by atoms with Crippen LogP contribution in [0.25, 0.3) is 0 Å². The molecule has 1 heterocycles. The van der Waals surface area contributed by atoms with E-state index in [4.69, 9.17) is 0 Å². The van der Waals surface area contributed by atoms with Crippen LogP contribution >= 0.6 is 23.1 Å². The Bertz CT molecular complexity index is 1080. The highest BCUT2D eigenvalue weighted by molar-refractivity contribution is 8.01. The summed E-state index contributed by atoms with van der Waals surface area (Å²) in [7, 11) is 0. The number of thioether (sulfide) groups is 1. The summed E-state index contributed by atoms with van der Waals surface area (Å²) in [6.07, 6.45) is 0. The third-order valence-corrected chi connectivity index (χ3v) is 5.48. The smallest absolute Gasteiger partial charge is 0.269 e. The average molecular weight is 448 g/mol. The number of aromatic nitrogens is 2. The topological polar surface area (TPSA) is 139 Å². The lowest BCUT2D eigenvalue weighted by Crippen LogP contribution is -2.42. The van der Waals surface area contributed by atoms with Crippen molar-refractivity contribution in [2.75, 3.05) is 11.1 Å². The van der Waals surface area contributed by atoms with Crippen molar-refractivity contribution in [3.05, 3.63) is 70.0 Å². The third kappa shape index (κ3) is 5.71. The van der Waals surface area contributed by atoms with Gasteiger partial charge in [-0.2, -0.15) is 0 Å². The van der Waals surface area contributed by atoms with Gasteiger partial charge in [-0.15, -0.1) is 10.2 Å². The molecule has 1 aromatic heterocycles. The number of hydrazine groups is 1. The molecule has 0 aliphatic carbocycles. The molecule has 0 saturated carbocycles. The summed E-state index contributed by atoms with van der Waals surface area (Å²) >= 11 is 2.23. The van der Waals surface area contributed by atoms with E-state index < -0.39 is 22.6 Å². The summed E-state index contributed by atoms with van der Waals surface area (Å²) in [5.74, 6) is -1.58. The predicted octanol–water partition coefficient (Wildman–Crippen LogP) is 2.88. The van der Waals surface area contributed by atoms with Crippen molar-refractivity contribution in [3.8, 4) is 0 Å². The molecule has 10 nitrogen and oxygen atoms in total. The first kappa shape index (κ1) is 21.1. The minimum Gasteiger partial charge on any atom is -0.328 e. The number of nitro groups is 1. The van der Waals surface area contributed by atoms with E-state index in [-0.39, 0.29) is 22.7 Å². The fourth-order valence-electron chi connectivity index (χ4n) is 2.09. The number of rotatable bonds is 7. The van der Waals surface area contributed by atoms with Gasteiger partial charge in [0.05, 0.1) is 16.4 Å². The lowest BCUT2D eigenvalue weighted by molar-refractivity contribution is -0.384. The van der Waals surface area contributed by atoms with Gasteiger partial charge >= 0.3 is 0 Å². The van der Waals surface area contributed by atoms with Gasteiger partial charge in [0, 0.05) is 17.7 Å². The molecule has 0 spiro atoms. The molecule has 0 bridgehead atoms. The van der Waals surface area contributed by atoms with Crippen molar-refractivity contribution in [1.82, 2.24) is 21.0 Å². The maximum atomic E-state index is 13.6. The molecule has 0 saturated heterocycles. The molecule has 2 amide bonds. The lowest BCUT2D eigenvalue weighted by atomic mass is 10.2. The van der Waals surface area contributed by atoms with Gasteiger partial charge in [-0.1, -0.05) is 35.2 Å². The summed E-state index contributed by atoms with van der Waals surface area (Å²) in [4.78, 5) is 33.9. The normalized spacial score (nSPS) is 10.3. The van der Waals surface area contributed by atoms with E-state index in [2.05, 4.69) is 26.4 Å². The van der Waals surface area contributed by atoms with E-state index in [9.17, 15) is 24.1 Å². The van der Waals surface area contributed by atoms with Crippen molar-refractivity contribution in [2.45, 2.75) is 4.34 Å². The quantitative estimate of drug-likeness (QED) is 0.285. The van der Waals surface area contributed by atoms with Gasteiger partial charge in [-0.25, -0.2) is 4.39 Å². The minimum atomic E-state index is -0.615. The maximum absolute atomic E-state index is 13.6. The largest absolute Gasteiger partial charge is 0.328 e. The van der Waals surface area contributed by atoms with Gasteiger partial charge in [-0.3, -0.25) is 30.6 Å². The number of carbonyl (C=O) groups is 2. The average Bonchev–Trinajstić information content (AvgIpc) is 3.19. The van der Waals surface area contributed by atoms with E-state index >= 15 is 0 Å². The van der Waals surface area contributed by atoms with Crippen molar-refractivity contribution < 1.29 is 18.9 Å². The van der Waals surface area contributed by atoms with Crippen LogP contribution in [0.2, 0.25) is 0 Å². The van der Waals surface area contributed by atoms with E-state index in [0.717, 1.165) is 23.1 Å². The van der Waals surface area contributed by atoms with Crippen LogP contribution in [0.1, 0.15) is 10.4 Å². The molecule has 0 unspecified atom stereocenters. The monoisotopic (exact) mass is 448 g/mol. The van der Waals surface area contributed by atoms with E-state index in [1.54, 1.807) is 18.2 Å². The van der Waals surface area contributed by atoms with Gasteiger partial charge in [0.25, 0.3) is 11.6 Å². The summed E-state index contributed by atoms with van der Waals surface area (Å²) in [5.41, 5.74) is 4.73. The highest BCUT2D eigenvalue weighted by Crippen LogP contribution is 2.28. The standard InChI is InChI=1S/C17H13FN6O4S2/c18-12-3-1-2-4-13(12)19-16-22-23-17(30-16)29-9-14(25)20-21-15(26)10-5-7-11(8-6-10)24(27)28/h1-8H,9H2,(H,19,22)(H,20,25)(H,21,26). The fraction of sp³-hybridized carbons (Fsp3) is 0.0588. The Balaban J connectivity index is 1.44. The van der Waals surface area contributed by atoms with Crippen molar-refractivity contribution in [3.63, 3.8) is 0 Å². The molecule has 0 aliphatic heterocycles. The zero-order valence-corrected chi connectivity index (χ0v) is 16.6. The summed E-state index contributed by atoms with van der Waals surface area (Å²) in [5, 5.41) is 21.6. The molecule has 2 aromatic carbocycles. The zero-order valence-electron chi connectivity index (χ0n) is 15.0. The molecule has 154 valence electrons. The molecular weight excluding hydrogens is 435 g/mol. The Kier molecular flexibility index (Phi) is 6.87. The number of nitro benzene ring substituents is 1. The number of amides is 2. The molecule has 0 radical (unpaired) electrons. The molecule has 3 rings (SSSR count). The Hall–Kier alpha value is -3.58.